The van der Waals surface area contributed by atoms with Crippen molar-refractivity contribution < 1.29 is 4.39 Å². The summed E-state index contributed by atoms with van der Waals surface area (Å²) in [6.07, 6.45) is 0. The van der Waals surface area contributed by atoms with Crippen LogP contribution < -0.4 is 5.69 Å². The lowest BCUT2D eigenvalue weighted by Crippen LogP contribution is -2.15. The van der Waals surface area contributed by atoms with Crippen molar-refractivity contribution >= 4 is 0 Å². The van der Waals surface area contributed by atoms with E-state index < -0.39 is 0 Å². The zero-order valence-corrected chi connectivity index (χ0v) is 9.88. The van der Waals surface area contributed by atoms with E-state index in [4.69, 9.17) is 0 Å². The highest BCUT2D eigenvalue weighted by Crippen LogP contribution is 2.13. The van der Waals surface area contributed by atoms with Gasteiger partial charge in [0.1, 0.15) is 5.82 Å². The van der Waals surface area contributed by atoms with Crippen LogP contribution in [0.1, 0.15) is 0 Å². The molecule has 0 spiro atoms. The van der Waals surface area contributed by atoms with Gasteiger partial charge in [-0.25, -0.2) is 9.18 Å². The van der Waals surface area contributed by atoms with E-state index in [1.165, 1.54) is 28.9 Å². The lowest BCUT2D eigenvalue weighted by Gasteiger charge is -1.98. The zero-order valence-electron chi connectivity index (χ0n) is 9.88. The van der Waals surface area contributed by atoms with Crippen LogP contribution in [0.5, 0.6) is 0 Å². The van der Waals surface area contributed by atoms with Gasteiger partial charge in [-0.15, -0.1) is 5.10 Å². The Morgan fingerprint density at radius 3 is 2.37 bits per heavy atom. The largest absolute Gasteiger partial charge is 0.348 e. The third-order valence-corrected chi connectivity index (χ3v) is 2.74. The molecular weight excluding hydrogens is 245 g/mol. The quantitative estimate of drug-likeness (QED) is 0.764. The lowest BCUT2D eigenvalue weighted by molar-refractivity contribution is 0.627. The Morgan fingerprint density at radius 2 is 1.68 bits per heavy atom. The highest BCUT2D eigenvalue weighted by Gasteiger charge is 2.08. The fourth-order valence-electron chi connectivity index (χ4n) is 1.81. The van der Waals surface area contributed by atoms with Crippen LogP contribution in [0.25, 0.3) is 17.1 Å². The molecule has 3 aromatic rings. The third-order valence-electron chi connectivity index (χ3n) is 2.74. The fourth-order valence-corrected chi connectivity index (χ4v) is 1.81. The summed E-state index contributed by atoms with van der Waals surface area (Å²) in [5.41, 5.74) is 0.982. The SMILES string of the molecule is O=c1[nH]c(-c2ccccc2)nn1-c1ccc(F)cc1. The molecule has 4 nitrogen and oxygen atoms in total. The van der Waals surface area contributed by atoms with Gasteiger partial charge in [-0.2, -0.15) is 4.68 Å². The Labute approximate surface area is 108 Å². The average Bonchev–Trinajstić information content (AvgIpc) is 2.83. The summed E-state index contributed by atoms with van der Waals surface area (Å²) in [5.74, 6) is 0.130. The van der Waals surface area contributed by atoms with Crippen LogP contribution in [0, 0.1) is 5.82 Å². The van der Waals surface area contributed by atoms with Crippen molar-refractivity contribution in [2.45, 2.75) is 0 Å². The second-order valence-corrected chi connectivity index (χ2v) is 4.03. The Kier molecular flexibility index (Phi) is 2.72. The van der Waals surface area contributed by atoms with Crippen molar-refractivity contribution in [1.82, 2.24) is 14.8 Å². The summed E-state index contributed by atoms with van der Waals surface area (Å²) in [6, 6.07) is 14.9. The second-order valence-electron chi connectivity index (χ2n) is 4.03. The van der Waals surface area contributed by atoms with Gasteiger partial charge in [0.2, 0.25) is 0 Å². The van der Waals surface area contributed by atoms with Crippen LogP contribution in [0.2, 0.25) is 0 Å². The average molecular weight is 255 g/mol. The van der Waals surface area contributed by atoms with Crippen molar-refractivity contribution in [3.05, 3.63) is 70.9 Å². The summed E-state index contributed by atoms with van der Waals surface area (Å²) in [6.45, 7) is 0. The summed E-state index contributed by atoms with van der Waals surface area (Å²) >= 11 is 0. The second kappa shape index (κ2) is 4.53. The number of aromatic nitrogens is 3. The molecule has 0 bridgehead atoms. The smallest absolute Gasteiger partial charge is 0.288 e. The molecule has 1 heterocycles. The Morgan fingerprint density at radius 1 is 1.00 bits per heavy atom. The molecule has 0 amide bonds. The first-order chi connectivity index (χ1) is 9.24. The Bertz CT molecular complexity index is 744. The maximum Gasteiger partial charge on any atom is 0.348 e. The number of benzene rings is 2. The van der Waals surface area contributed by atoms with Gasteiger partial charge in [-0.1, -0.05) is 30.3 Å². The number of rotatable bonds is 2. The number of aromatic amines is 1. The van der Waals surface area contributed by atoms with E-state index in [1.54, 1.807) is 0 Å². The Hall–Kier alpha value is -2.69. The maximum absolute atomic E-state index is 12.9. The molecule has 0 fully saturated rings. The molecule has 1 aromatic heterocycles. The fraction of sp³-hybridized carbons (Fsp3) is 0. The van der Waals surface area contributed by atoms with Crippen LogP contribution in [0.3, 0.4) is 0 Å². The third kappa shape index (κ3) is 2.18. The topological polar surface area (TPSA) is 50.7 Å². The Balaban J connectivity index is 2.08. The predicted octanol–water partition coefficient (Wildman–Crippen LogP) is 2.37. The molecule has 0 aliphatic rings. The molecule has 1 N–H and O–H groups in total. The number of halogens is 1. The molecule has 0 aliphatic carbocycles. The molecule has 2 aromatic carbocycles. The van der Waals surface area contributed by atoms with E-state index >= 15 is 0 Å². The maximum atomic E-state index is 12.9. The van der Waals surface area contributed by atoms with Crippen LogP contribution in [-0.4, -0.2) is 14.8 Å². The minimum Gasteiger partial charge on any atom is -0.288 e. The standard InChI is InChI=1S/C14H10FN3O/c15-11-6-8-12(9-7-11)18-14(19)16-13(17-18)10-4-2-1-3-5-10/h1-9H,(H,16,17,19). The monoisotopic (exact) mass is 255 g/mol. The van der Waals surface area contributed by atoms with Gasteiger partial charge in [-0.3, -0.25) is 4.98 Å². The highest BCUT2D eigenvalue weighted by molar-refractivity contribution is 5.54. The molecule has 0 saturated carbocycles. The van der Waals surface area contributed by atoms with Crippen molar-refractivity contribution in [2.24, 2.45) is 0 Å². The summed E-state index contributed by atoms with van der Waals surface area (Å²) in [4.78, 5) is 14.5. The minimum absolute atomic E-state index is 0.351. The number of H-pyrrole nitrogens is 1. The molecule has 0 unspecified atom stereocenters. The van der Waals surface area contributed by atoms with E-state index in [2.05, 4.69) is 10.1 Å². The van der Waals surface area contributed by atoms with E-state index in [-0.39, 0.29) is 11.5 Å². The van der Waals surface area contributed by atoms with E-state index in [9.17, 15) is 9.18 Å². The normalized spacial score (nSPS) is 10.6. The van der Waals surface area contributed by atoms with Gasteiger partial charge >= 0.3 is 5.69 Å². The first kappa shape index (κ1) is 11.4. The van der Waals surface area contributed by atoms with Gasteiger partial charge in [0.05, 0.1) is 5.69 Å². The van der Waals surface area contributed by atoms with Crippen molar-refractivity contribution in [3.8, 4) is 17.1 Å². The van der Waals surface area contributed by atoms with E-state index in [0.29, 0.717) is 11.5 Å². The number of nitrogens with zero attached hydrogens (tertiary/aromatic N) is 2. The van der Waals surface area contributed by atoms with E-state index in [0.717, 1.165) is 5.56 Å². The van der Waals surface area contributed by atoms with Gasteiger partial charge in [0.15, 0.2) is 5.82 Å². The molecule has 19 heavy (non-hydrogen) atoms. The minimum atomic E-state index is -0.356. The number of hydrogen-bond donors (Lipinski definition) is 1. The van der Waals surface area contributed by atoms with Crippen LogP contribution >= 0.6 is 0 Å². The first-order valence-electron chi connectivity index (χ1n) is 5.75. The van der Waals surface area contributed by atoms with Crippen molar-refractivity contribution in [2.75, 3.05) is 0 Å². The molecule has 94 valence electrons. The number of hydrogen-bond acceptors (Lipinski definition) is 2. The van der Waals surface area contributed by atoms with Crippen molar-refractivity contribution in [3.63, 3.8) is 0 Å². The first-order valence-corrected chi connectivity index (χ1v) is 5.75. The van der Waals surface area contributed by atoms with Crippen LogP contribution in [-0.2, 0) is 0 Å². The summed E-state index contributed by atoms with van der Waals surface area (Å²) in [7, 11) is 0. The van der Waals surface area contributed by atoms with Crippen molar-refractivity contribution in [1.29, 1.82) is 0 Å². The molecular formula is C14H10FN3O. The molecule has 0 saturated heterocycles. The molecule has 0 aliphatic heterocycles. The van der Waals surface area contributed by atoms with Gasteiger partial charge in [0, 0.05) is 5.56 Å². The van der Waals surface area contributed by atoms with Gasteiger partial charge < -0.3 is 0 Å². The zero-order chi connectivity index (χ0) is 13.2. The lowest BCUT2D eigenvalue weighted by atomic mass is 10.2. The molecule has 0 radical (unpaired) electrons. The van der Waals surface area contributed by atoms with Gasteiger partial charge in [0.25, 0.3) is 0 Å². The van der Waals surface area contributed by atoms with Crippen LogP contribution in [0.15, 0.2) is 59.4 Å². The molecule has 0 atom stereocenters. The van der Waals surface area contributed by atoms with Gasteiger partial charge in [-0.05, 0) is 24.3 Å². The molecule has 3 rings (SSSR count). The molecule has 5 heteroatoms. The van der Waals surface area contributed by atoms with Crippen LogP contribution in [0.4, 0.5) is 4.39 Å². The number of nitrogens with one attached hydrogen (secondary N) is 1. The highest BCUT2D eigenvalue weighted by atomic mass is 19.1. The predicted molar refractivity (Wildman–Crippen MR) is 69.6 cm³/mol. The summed E-state index contributed by atoms with van der Waals surface area (Å²) < 4.78 is 14.1. The van der Waals surface area contributed by atoms with E-state index in [1.807, 2.05) is 30.3 Å². The summed E-state index contributed by atoms with van der Waals surface area (Å²) in [5, 5.41) is 4.21.